The van der Waals surface area contributed by atoms with E-state index >= 15 is 0 Å². The van der Waals surface area contributed by atoms with Crippen molar-refractivity contribution in [1.82, 2.24) is 4.90 Å². The zero-order chi connectivity index (χ0) is 27.8. The van der Waals surface area contributed by atoms with Gasteiger partial charge in [-0.15, -0.1) is 11.8 Å². The van der Waals surface area contributed by atoms with Crippen molar-refractivity contribution in [2.75, 3.05) is 11.4 Å². The molecular formula is C32H28N2O3S3. The Kier molecular flexibility index (Phi) is 7.75. The average molecular weight is 585 g/mol. The number of hydrogen-bond acceptors (Lipinski definition) is 6. The maximum atomic E-state index is 12.8. The number of carbonyl (C=O) groups is 2. The van der Waals surface area contributed by atoms with Gasteiger partial charge in [0.2, 0.25) is 0 Å². The van der Waals surface area contributed by atoms with Crippen molar-refractivity contribution in [3.8, 4) is 0 Å². The molecule has 3 aromatic carbocycles. The standard InChI is InChI=1S/C32H28N2O3S3/c1-39-24-14-9-21(10-15-24)6-5-20-7-12-23(13-8-20)34-27-4-2-3-25(27)26-17-22(11-16-28(26)34)18-29-31(37)33(19-30(35)36)32(38)40-29/h1,7-18,25,27H,2-6,19H2,(H,35,36)/b29-18-. The largest absolute Gasteiger partial charge is 0.480 e. The molecule has 2 heterocycles. The number of benzene rings is 3. The van der Waals surface area contributed by atoms with Crippen LogP contribution in [-0.2, 0) is 22.4 Å². The van der Waals surface area contributed by atoms with E-state index in [4.69, 9.17) is 23.6 Å². The van der Waals surface area contributed by atoms with E-state index in [1.54, 1.807) is 0 Å². The van der Waals surface area contributed by atoms with Crippen LogP contribution in [0.15, 0.2) is 76.5 Å². The normalized spacial score (nSPS) is 20.9. The lowest BCUT2D eigenvalue weighted by Gasteiger charge is -2.27. The van der Waals surface area contributed by atoms with Crippen LogP contribution < -0.4 is 4.90 Å². The number of carboxylic acids is 1. The molecule has 40 heavy (non-hydrogen) atoms. The van der Waals surface area contributed by atoms with Crippen LogP contribution in [0.4, 0.5) is 11.4 Å². The van der Waals surface area contributed by atoms with E-state index in [1.807, 2.05) is 12.1 Å². The summed E-state index contributed by atoms with van der Waals surface area (Å²) in [6.07, 6.45) is 13.0. The Balaban J connectivity index is 1.20. The Morgan fingerprint density at radius 3 is 2.42 bits per heavy atom. The minimum absolute atomic E-state index is 0.286. The first kappa shape index (κ1) is 27.1. The highest BCUT2D eigenvalue weighted by Gasteiger charge is 2.42. The Morgan fingerprint density at radius 1 is 1.05 bits per heavy atom. The van der Waals surface area contributed by atoms with E-state index in [0.29, 0.717) is 16.9 Å². The Labute approximate surface area is 248 Å². The Hall–Kier alpha value is -3.07. The van der Waals surface area contributed by atoms with Crippen LogP contribution in [0.25, 0.3) is 6.08 Å². The molecule has 2 radical (unpaired) electrons. The van der Waals surface area contributed by atoms with Crippen molar-refractivity contribution in [3.63, 3.8) is 0 Å². The summed E-state index contributed by atoms with van der Waals surface area (Å²) in [4.78, 5) is 29.1. The molecule has 3 aliphatic rings. The molecule has 5 nitrogen and oxygen atoms in total. The van der Waals surface area contributed by atoms with Crippen molar-refractivity contribution in [2.24, 2.45) is 0 Å². The molecule has 0 spiro atoms. The van der Waals surface area contributed by atoms with Gasteiger partial charge in [-0.3, -0.25) is 14.5 Å². The second-order valence-electron chi connectivity index (χ2n) is 10.4. The summed E-state index contributed by atoms with van der Waals surface area (Å²) < 4.78 is 0.286. The van der Waals surface area contributed by atoms with Crippen LogP contribution in [0.3, 0.4) is 0 Å². The summed E-state index contributed by atoms with van der Waals surface area (Å²) in [6, 6.07) is 24.3. The van der Waals surface area contributed by atoms with Crippen molar-refractivity contribution >= 4 is 69.4 Å². The van der Waals surface area contributed by atoms with Crippen LogP contribution in [0, 0.1) is 6.26 Å². The van der Waals surface area contributed by atoms with Gasteiger partial charge in [0.25, 0.3) is 5.91 Å². The van der Waals surface area contributed by atoms with E-state index < -0.39 is 12.5 Å². The molecule has 1 N–H and O–H groups in total. The molecule has 1 amide bonds. The predicted molar refractivity (Wildman–Crippen MR) is 167 cm³/mol. The van der Waals surface area contributed by atoms with E-state index in [9.17, 15) is 9.59 Å². The summed E-state index contributed by atoms with van der Waals surface area (Å²) in [5, 5.41) is 9.11. The first-order valence-electron chi connectivity index (χ1n) is 13.4. The molecule has 3 aromatic rings. The van der Waals surface area contributed by atoms with Crippen molar-refractivity contribution in [1.29, 1.82) is 0 Å². The molecule has 1 saturated heterocycles. The lowest BCUT2D eigenvalue weighted by atomic mass is 9.96. The number of anilines is 2. The van der Waals surface area contributed by atoms with Gasteiger partial charge in [0.1, 0.15) is 10.9 Å². The highest BCUT2D eigenvalue weighted by Crippen LogP contribution is 2.52. The fourth-order valence-corrected chi connectivity index (χ4v) is 7.62. The second kappa shape index (κ2) is 11.4. The smallest absolute Gasteiger partial charge is 0.323 e. The monoisotopic (exact) mass is 584 g/mol. The number of aryl methyl sites for hydroxylation is 2. The molecule has 8 heteroatoms. The van der Waals surface area contributed by atoms with Gasteiger partial charge < -0.3 is 10.0 Å². The fraction of sp³-hybridized carbons (Fsp3) is 0.250. The fourth-order valence-electron chi connectivity index (χ4n) is 6.07. The first-order valence-corrected chi connectivity index (χ1v) is 15.5. The van der Waals surface area contributed by atoms with Crippen molar-refractivity contribution in [3.05, 3.63) is 100 Å². The molecule has 0 aromatic heterocycles. The number of nitrogens with zero attached hydrogens (tertiary/aromatic N) is 2. The molecule has 2 aliphatic heterocycles. The summed E-state index contributed by atoms with van der Waals surface area (Å²) >= 11 is 7.69. The third-order valence-corrected chi connectivity index (χ3v) is 9.88. The summed E-state index contributed by atoms with van der Waals surface area (Å²) in [7, 11) is 0. The van der Waals surface area contributed by atoms with Gasteiger partial charge >= 0.3 is 5.97 Å². The third-order valence-electron chi connectivity index (χ3n) is 7.96. The third kappa shape index (κ3) is 5.32. The summed E-state index contributed by atoms with van der Waals surface area (Å²) in [5.41, 5.74) is 7.33. The molecule has 202 valence electrons. The van der Waals surface area contributed by atoms with E-state index in [1.165, 1.54) is 46.2 Å². The van der Waals surface area contributed by atoms with Gasteiger partial charge in [-0.1, -0.05) is 60.7 Å². The highest BCUT2D eigenvalue weighted by atomic mass is 32.2. The molecule has 1 saturated carbocycles. The first-order chi connectivity index (χ1) is 19.4. The maximum absolute atomic E-state index is 12.8. The van der Waals surface area contributed by atoms with Crippen LogP contribution >= 0.6 is 35.7 Å². The van der Waals surface area contributed by atoms with Crippen LogP contribution in [0.5, 0.6) is 0 Å². The van der Waals surface area contributed by atoms with Gasteiger partial charge in [-0.25, -0.2) is 0 Å². The molecule has 0 bridgehead atoms. The number of carbonyl (C=O) groups excluding carboxylic acids is 1. The van der Waals surface area contributed by atoms with Crippen LogP contribution in [0.1, 0.15) is 47.4 Å². The van der Waals surface area contributed by atoms with Gasteiger partial charge in [0, 0.05) is 34.5 Å². The number of carboxylic acid groups (broad SMARTS) is 1. The molecule has 6 rings (SSSR count). The van der Waals surface area contributed by atoms with Crippen LogP contribution in [0.2, 0.25) is 0 Å². The second-order valence-corrected chi connectivity index (χ2v) is 12.8. The van der Waals surface area contributed by atoms with Crippen molar-refractivity contribution < 1.29 is 14.7 Å². The lowest BCUT2D eigenvalue weighted by molar-refractivity contribution is -0.140. The number of thiocarbonyl (C=S) groups is 1. The number of fused-ring (bicyclic) bond motifs is 3. The maximum Gasteiger partial charge on any atom is 0.323 e. The predicted octanol–water partition coefficient (Wildman–Crippen LogP) is 7.31. The molecule has 1 aliphatic carbocycles. The number of hydrogen-bond donors (Lipinski definition) is 1. The molecule has 2 fully saturated rings. The molecular weight excluding hydrogens is 557 g/mol. The average Bonchev–Trinajstić information content (AvgIpc) is 3.62. The SMILES string of the molecule is [CH]Sc1ccc(CCc2ccc(N3c4ccc(/C=C5\SC(=S)N(CC(=O)O)C5=O)cc4C4CCCC43)cc2)cc1. The zero-order valence-corrected chi connectivity index (χ0v) is 24.2. The highest BCUT2D eigenvalue weighted by molar-refractivity contribution is 8.26. The summed E-state index contributed by atoms with van der Waals surface area (Å²) in [5.74, 6) is -0.962. The lowest BCUT2D eigenvalue weighted by Crippen LogP contribution is -2.33. The minimum atomic E-state index is -1.08. The van der Waals surface area contributed by atoms with Gasteiger partial charge in [0.15, 0.2) is 0 Å². The summed E-state index contributed by atoms with van der Waals surface area (Å²) in [6.45, 7) is -0.412. The molecule has 2 unspecified atom stereocenters. The minimum Gasteiger partial charge on any atom is -0.480 e. The van der Waals surface area contributed by atoms with Crippen molar-refractivity contribution in [2.45, 2.75) is 49.0 Å². The quantitative estimate of drug-likeness (QED) is 0.169. The zero-order valence-electron chi connectivity index (χ0n) is 21.8. The number of thioether (sulfide) groups is 2. The topological polar surface area (TPSA) is 60.9 Å². The Bertz CT molecular complexity index is 1500. The van der Waals surface area contributed by atoms with Gasteiger partial charge in [0.05, 0.1) is 4.91 Å². The number of aliphatic carboxylic acids is 1. The number of amides is 1. The number of rotatable bonds is 8. The molecule has 2 atom stereocenters. The Morgan fingerprint density at radius 2 is 1.75 bits per heavy atom. The van der Waals surface area contributed by atoms with E-state index in [2.05, 4.69) is 65.6 Å². The van der Waals surface area contributed by atoms with Crippen LogP contribution in [-0.4, -0.2) is 38.8 Å². The van der Waals surface area contributed by atoms with Gasteiger partial charge in [-0.05, 0) is 90.4 Å². The van der Waals surface area contributed by atoms with E-state index in [0.717, 1.165) is 52.8 Å². The van der Waals surface area contributed by atoms with E-state index in [-0.39, 0.29) is 10.2 Å². The van der Waals surface area contributed by atoms with Gasteiger partial charge in [-0.2, -0.15) is 0 Å².